The number of nitrogens with one attached hydrogen (secondary N) is 1. The summed E-state index contributed by atoms with van der Waals surface area (Å²) in [6, 6.07) is 9.77. The Morgan fingerprint density at radius 2 is 1.95 bits per heavy atom. The van der Waals surface area contributed by atoms with E-state index in [1.165, 1.54) is 0 Å². The van der Waals surface area contributed by atoms with Crippen molar-refractivity contribution in [2.24, 2.45) is 0 Å². The number of amides is 1. The average molecular weight is 284 g/mol. The second-order valence-electron chi connectivity index (χ2n) is 5.81. The Labute approximate surface area is 124 Å². The molecule has 1 amide bonds. The van der Waals surface area contributed by atoms with Crippen molar-refractivity contribution in [3.63, 3.8) is 0 Å². The second kappa shape index (κ2) is 5.82. The van der Waals surface area contributed by atoms with Gasteiger partial charge in [-0.15, -0.1) is 0 Å². The molecule has 1 aromatic heterocycles. The molecule has 0 spiro atoms. The number of hydrogen-bond donors (Lipinski definition) is 2. The fraction of sp³-hybridized carbons (Fsp3) is 0.412. The molecule has 1 aliphatic rings. The van der Waals surface area contributed by atoms with E-state index in [0.29, 0.717) is 5.56 Å². The van der Waals surface area contributed by atoms with Crippen molar-refractivity contribution >= 4 is 16.8 Å². The molecule has 1 saturated carbocycles. The number of aromatic nitrogens is 1. The molecule has 1 aromatic carbocycles. The number of fused-ring (bicyclic) bond motifs is 1. The topological polar surface area (TPSA) is 62.2 Å². The van der Waals surface area contributed by atoms with Gasteiger partial charge in [0, 0.05) is 17.1 Å². The lowest BCUT2D eigenvalue weighted by atomic mass is 9.93. The maximum Gasteiger partial charge on any atom is 0.253 e. The average Bonchev–Trinajstić information content (AvgIpc) is 2.49. The summed E-state index contributed by atoms with van der Waals surface area (Å²) >= 11 is 0. The predicted octanol–water partition coefficient (Wildman–Crippen LogP) is 2.58. The number of benzene rings is 1. The van der Waals surface area contributed by atoms with Gasteiger partial charge >= 0.3 is 0 Å². The summed E-state index contributed by atoms with van der Waals surface area (Å²) in [4.78, 5) is 17.0. The Kier molecular flexibility index (Phi) is 3.88. The van der Waals surface area contributed by atoms with Crippen LogP contribution in [0.25, 0.3) is 10.9 Å². The fourth-order valence-electron chi connectivity index (χ4n) is 2.91. The van der Waals surface area contributed by atoms with E-state index in [0.717, 1.165) is 42.3 Å². The summed E-state index contributed by atoms with van der Waals surface area (Å²) in [6.07, 6.45) is 2.99. The zero-order valence-electron chi connectivity index (χ0n) is 12.2. The van der Waals surface area contributed by atoms with E-state index in [-0.39, 0.29) is 18.1 Å². The molecule has 21 heavy (non-hydrogen) atoms. The minimum atomic E-state index is -0.208. The summed E-state index contributed by atoms with van der Waals surface area (Å²) in [5.41, 5.74) is 2.29. The molecular weight excluding hydrogens is 264 g/mol. The second-order valence-corrected chi connectivity index (χ2v) is 5.81. The third-order valence-electron chi connectivity index (χ3n) is 4.14. The lowest BCUT2D eigenvalue weighted by Gasteiger charge is -2.26. The smallest absolute Gasteiger partial charge is 0.253 e. The molecule has 0 aliphatic heterocycles. The molecule has 0 saturated heterocycles. The fourth-order valence-corrected chi connectivity index (χ4v) is 2.91. The Morgan fingerprint density at radius 1 is 1.19 bits per heavy atom. The van der Waals surface area contributed by atoms with Crippen LogP contribution in [0.1, 0.15) is 41.7 Å². The quantitative estimate of drug-likeness (QED) is 0.891. The lowest BCUT2D eigenvalue weighted by Crippen LogP contribution is -2.38. The van der Waals surface area contributed by atoms with Gasteiger partial charge in [0.25, 0.3) is 5.91 Å². The molecule has 2 aromatic rings. The first kappa shape index (κ1) is 14.0. The highest BCUT2D eigenvalue weighted by Gasteiger charge is 2.22. The van der Waals surface area contributed by atoms with Crippen molar-refractivity contribution in [3.8, 4) is 0 Å². The van der Waals surface area contributed by atoms with Gasteiger partial charge in [0.1, 0.15) is 0 Å². The van der Waals surface area contributed by atoms with Crippen LogP contribution in [0, 0.1) is 6.92 Å². The van der Waals surface area contributed by atoms with E-state index < -0.39 is 0 Å². The minimum absolute atomic E-state index is 0.0694. The zero-order valence-corrected chi connectivity index (χ0v) is 12.2. The van der Waals surface area contributed by atoms with Gasteiger partial charge in [-0.1, -0.05) is 18.2 Å². The highest BCUT2D eigenvalue weighted by Crippen LogP contribution is 2.21. The third kappa shape index (κ3) is 3.05. The normalized spacial score (nSPS) is 22.2. The van der Waals surface area contributed by atoms with Gasteiger partial charge < -0.3 is 10.4 Å². The highest BCUT2D eigenvalue weighted by atomic mass is 16.3. The Morgan fingerprint density at radius 3 is 2.71 bits per heavy atom. The van der Waals surface area contributed by atoms with Crippen molar-refractivity contribution in [1.29, 1.82) is 0 Å². The summed E-state index contributed by atoms with van der Waals surface area (Å²) < 4.78 is 0. The molecule has 1 heterocycles. The summed E-state index contributed by atoms with van der Waals surface area (Å²) in [5.74, 6) is -0.0694. The summed E-state index contributed by atoms with van der Waals surface area (Å²) in [7, 11) is 0. The van der Waals surface area contributed by atoms with Gasteiger partial charge in [-0.25, -0.2) is 0 Å². The molecule has 3 rings (SSSR count). The molecule has 0 atom stereocenters. The Bertz CT molecular complexity index is 661. The highest BCUT2D eigenvalue weighted by molar-refractivity contribution is 6.05. The van der Waals surface area contributed by atoms with E-state index >= 15 is 0 Å². The SMILES string of the molecule is Cc1ccc2cccc(C(=O)NC3CCC(O)CC3)c2n1. The van der Waals surface area contributed by atoms with Crippen LogP contribution in [-0.4, -0.2) is 28.1 Å². The number of nitrogens with zero attached hydrogens (tertiary/aromatic N) is 1. The number of aliphatic hydroxyl groups is 1. The molecule has 0 bridgehead atoms. The van der Waals surface area contributed by atoms with Gasteiger partial charge in [-0.05, 0) is 44.7 Å². The molecule has 1 aliphatic carbocycles. The summed E-state index contributed by atoms with van der Waals surface area (Å²) in [6.45, 7) is 1.93. The molecular formula is C17H20N2O2. The summed E-state index contributed by atoms with van der Waals surface area (Å²) in [5, 5.41) is 13.6. The van der Waals surface area contributed by atoms with E-state index in [1.54, 1.807) is 0 Å². The first-order chi connectivity index (χ1) is 10.1. The number of para-hydroxylation sites is 1. The lowest BCUT2D eigenvalue weighted by molar-refractivity contribution is 0.0869. The number of rotatable bonds is 2. The van der Waals surface area contributed by atoms with Gasteiger partial charge in [-0.2, -0.15) is 0 Å². The first-order valence-electron chi connectivity index (χ1n) is 7.49. The van der Waals surface area contributed by atoms with Crippen LogP contribution >= 0.6 is 0 Å². The van der Waals surface area contributed by atoms with Gasteiger partial charge in [-0.3, -0.25) is 9.78 Å². The van der Waals surface area contributed by atoms with Crippen LogP contribution in [0.4, 0.5) is 0 Å². The molecule has 4 heteroatoms. The van der Waals surface area contributed by atoms with Crippen LogP contribution < -0.4 is 5.32 Å². The number of pyridine rings is 1. The van der Waals surface area contributed by atoms with Crippen molar-refractivity contribution in [1.82, 2.24) is 10.3 Å². The van der Waals surface area contributed by atoms with Crippen molar-refractivity contribution in [2.45, 2.75) is 44.8 Å². The number of aryl methyl sites for hydroxylation is 1. The maximum absolute atomic E-state index is 12.5. The molecule has 1 fully saturated rings. The zero-order chi connectivity index (χ0) is 14.8. The van der Waals surface area contributed by atoms with Crippen molar-refractivity contribution < 1.29 is 9.90 Å². The van der Waals surface area contributed by atoms with Crippen LogP contribution in [0.2, 0.25) is 0 Å². The maximum atomic E-state index is 12.5. The minimum Gasteiger partial charge on any atom is -0.393 e. The number of hydrogen-bond acceptors (Lipinski definition) is 3. The van der Waals surface area contributed by atoms with Gasteiger partial charge in [0.2, 0.25) is 0 Å². The van der Waals surface area contributed by atoms with Gasteiger partial charge in [0.05, 0.1) is 17.2 Å². The molecule has 0 unspecified atom stereocenters. The standard InChI is InChI=1S/C17H20N2O2/c1-11-5-6-12-3-2-4-15(16(12)18-11)17(21)19-13-7-9-14(20)10-8-13/h2-6,13-14,20H,7-10H2,1H3,(H,19,21). The van der Waals surface area contributed by atoms with Crippen LogP contribution in [0.3, 0.4) is 0 Å². The Balaban J connectivity index is 1.83. The molecule has 0 radical (unpaired) electrons. The molecule has 2 N–H and O–H groups in total. The van der Waals surface area contributed by atoms with E-state index in [1.807, 2.05) is 37.3 Å². The van der Waals surface area contributed by atoms with E-state index in [4.69, 9.17) is 0 Å². The number of carbonyl (C=O) groups excluding carboxylic acids is 1. The van der Waals surface area contributed by atoms with Crippen molar-refractivity contribution in [3.05, 3.63) is 41.6 Å². The number of aliphatic hydroxyl groups excluding tert-OH is 1. The van der Waals surface area contributed by atoms with E-state index in [2.05, 4.69) is 10.3 Å². The van der Waals surface area contributed by atoms with Gasteiger partial charge in [0.15, 0.2) is 0 Å². The largest absolute Gasteiger partial charge is 0.393 e. The van der Waals surface area contributed by atoms with Crippen LogP contribution in [-0.2, 0) is 0 Å². The predicted molar refractivity (Wildman–Crippen MR) is 82.2 cm³/mol. The first-order valence-corrected chi connectivity index (χ1v) is 7.49. The molecule has 4 nitrogen and oxygen atoms in total. The van der Waals surface area contributed by atoms with Crippen LogP contribution in [0.15, 0.2) is 30.3 Å². The third-order valence-corrected chi connectivity index (χ3v) is 4.14. The van der Waals surface area contributed by atoms with Crippen LogP contribution in [0.5, 0.6) is 0 Å². The number of carbonyl (C=O) groups is 1. The van der Waals surface area contributed by atoms with E-state index in [9.17, 15) is 9.90 Å². The van der Waals surface area contributed by atoms with Crippen molar-refractivity contribution in [2.75, 3.05) is 0 Å². The monoisotopic (exact) mass is 284 g/mol. The Hall–Kier alpha value is -1.94. The molecule has 110 valence electrons.